The molecule has 1 N–H and O–H groups in total. The van der Waals surface area contributed by atoms with Crippen LogP contribution >= 0.6 is 0 Å². The normalized spacial score (nSPS) is 11.6. The fourth-order valence-electron chi connectivity index (χ4n) is 2.40. The van der Waals surface area contributed by atoms with Crippen molar-refractivity contribution in [3.05, 3.63) is 71.3 Å². The molecule has 1 atom stereocenters. The van der Waals surface area contributed by atoms with Crippen LogP contribution in [0, 0.1) is 0 Å². The standard InChI is InChI=1S/C19H18N4O3/c1-13(19(25)21-15-5-7-16(26-2)8-6-15)23-18(24)10-9-17(22-23)14-4-3-11-20-12-14/h3-13H,1-2H3,(H,21,25). The zero-order valence-electron chi connectivity index (χ0n) is 14.4. The molecule has 0 aliphatic carbocycles. The molecule has 7 heteroatoms. The third-order valence-corrected chi connectivity index (χ3v) is 3.89. The lowest BCUT2D eigenvalue weighted by Crippen LogP contribution is -2.33. The Morgan fingerprint density at radius 3 is 2.58 bits per heavy atom. The van der Waals surface area contributed by atoms with E-state index in [4.69, 9.17) is 4.74 Å². The Labute approximate surface area is 150 Å². The Hall–Kier alpha value is -3.48. The Balaban J connectivity index is 1.83. The molecule has 3 rings (SSSR count). The Kier molecular flexibility index (Phi) is 5.07. The Morgan fingerprint density at radius 2 is 1.92 bits per heavy atom. The average Bonchev–Trinajstić information content (AvgIpc) is 2.69. The van der Waals surface area contributed by atoms with Crippen molar-refractivity contribution in [2.24, 2.45) is 0 Å². The van der Waals surface area contributed by atoms with Gasteiger partial charge in [-0.15, -0.1) is 0 Å². The largest absolute Gasteiger partial charge is 0.497 e. The topological polar surface area (TPSA) is 86.1 Å². The van der Waals surface area contributed by atoms with E-state index in [1.165, 1.54) is 10.7 Å². The number of methoxy groups -OCH3 is 1. The van der Waals surface area contributed by atoms with Crippen molar-refractivity contribution >= 4 is 11.6 Å². The van der Waals surface area contributed by atoms with Crippen molar-refractivity contribution < 1.29 is 9.53 Å². The van der Waals surface area contributed by atoms with Gasteiger partial charge in [-0.25, -0.2) is 4.68 Å². The van der Waals surface area contributed by atoms with E-state index in [-0.39, 0.29) is 11.5 Å². The summed E-state index contributed by atoms with van der Waals surface area (Å²) in [6, 6.07) is 12.8. The number of aromatic nitrogens is 3. The highest BCUT2D eigenvalue weighted by Crippen LogP contribution is 2.17. The molecule has 1 aromatic carbocycles. The van der Waals surface area contributed by atoms with Gasteiger partial charge in [-0.3, -0.25) is 14.6 Å². The molecule has 7 nitrogen and oxygen atoms in total. The van der Waals surface area contributed by atoms with Crippen molar-refractivity contribution in [1.29, 1.82) is 0 Å². The third-order valence-electron chi connectivity index (χ3n) is 3.89. The maximum atomic E-state index is 12.5. The van der Waals surface area contributed by atoms with E-state index < -0.39 is 6.04 Å². The summed E-state index contributed by atoms with van der Waals surface area (Å²) in [6.45, 7) is 1.63. The van der Waals surface area contributed by atoms with E-state index in [2.05, 4.69) is 15.4 Å². The third kappa shape index (κ3) is 3.77. The van der Waals surface area contributed by atoms with Gasteiger partial charge in [-0.05, 0) is 49.4 Å². The predicted octanol–water partition coefficient (Wildman–Crippen LogP) is 2.51. The lowest BCUT2D eigenvalue weighted by molar-refractivity contribution is -0.119. The molecule has 0 bridgehead atoms. The van der Waals surface area contributed by atoms with Crippen LogP contribution in [-0.2, 0) is 4.79 Å². The number of rotatable bonds is 5. The highest BCUT2D eigenvalue weighted by molar-refractivity contribution is 5.93. The van der Waals surface area contributed by atoms with Crippen molar-refractivity contribution in [2.75, 3.05) is 12.4 Å². The number of nitrogens with zero attached hydrogens (tertiary/aromatic N) is 3. The molecule has 0 spiro atoms. The number of hydrogen-bond acceptors (Lipinski definition) is 5. The van der Waals surface area contributed by atoms with E-state index in [1.54, 1.807) is 62.8 Å². The van der Waals surface area contributed by atoms with Crippen LogP contribution in [0.5, 0.6) is 5.75 Å². The molecule has 0 aliphatic heterocycles. The van der Waals surface area contributed by atoms with E-state index >= 15 is 0 Å². The zero-order chi connectivity index (χ0) is 18.5. The summed E-state index contributed by atoms with van der Waals surface area (Å²) in [4.78, 5) is 28.7. The molecule has 0 saturated heterocycles. The number of anilines is 1. The van der Waals surface area contributed by atoms with Crippen LogP contribution in [-0.4, -0.2) is 27.8 Å². The van der Waals surface area contributed by atoms with E-state index in [1.807, 2.05) is 6.07 Å². The van der Waals surface area contributed by atoms with Crippen LogP contribution in [0.2, 0.25) is 0 Å². The van der Waals surface area contributed by atoms with E-state index in [9.17, 15) is 9.59 Å². The quantitative estimate of drug-likeness (QED) is 0.764. The molecule has 2 heterocycles. The molecule has 0 aliphatic rings. The summed E-state index contributed by atoms with van der Waals surface area (Å²) in [7, 11) is 1.57. The van der Waals surface area contributed by atoms with Gasteiger partial charge in [-0.2, -0.15) is 5.10 Å². The number of hydrogen-bond donors (Lipinski definition) is 1. The first kappa shape index (κ1) is 17.3. The highest BCUT2D eigenvalue weighted by atomic mass is 16.5. The van der Waals surface area contributed by atoms with Gasteiger partial charge < -0.3 is 10.1 Å². The molecule has 132 valence electrons. The van der Waals surface area contributed by atoms with Gasteiger partial charge in [0.05, 0.1) is 12.8 Å². The molecule has 2 aromatic heterocycles. The maximum absolute atomic E-state index is 12.5. The van der Waals surface area contributed by atoms with E-state index in [0.717, 1.165) is 5.56 Å². The second-order valence-electron chi connectivity index (χ2n) is 5.64. The van der Waals surface area contributed by atoms with Crippen molar-refractivity contribution in [3.63, 3.8) is 0 Å². The fraction of sp³-hybridized carbons (Fsp3) is 0.158. The number of amides is 1. The first-order valence-corrected chi connectivity index (χ1v) is 8.03. The van der Waals surface area contributed by atoms with Crippen molar-refractivity contribution in [2.45, 2.75) is 13.0 Å². The number of nitrogens with one attached hydrogen (secondary N) is 1. The molecular weight excluding hydrogens is 332 g/mol. The van der Waals surface area contributed by atoms with Crippen LogP contribution in [0.3, 0.4) is 0 Å². The summed E-state index contributed by atoms with van der Waals surface area (Å²) in [5.41, 5.74) is 1.60. The van der Waals surface area contributed by atoms with Gasteiger partial charge in [0.1, 0.15) is 11.8 Å². The first-order valence-electron chi connectivity index (χ1n) is 8.03. The Morgan fingerprint density at radius 1 is 1.15 bits per heavy atom. The van der Waals surface area contributed by atoms with Gasteiger partial charge in [0.25, 0.3) is 5.56 Å². The van der Waals surface area contributed by atoms with Crippen LogP contribution in [0.25, 0.3) is 11.3 Å². The van der Waals surface area contributed by atoms with E-state index in [0.29, 0.717) is 17.1 Å². The molecule has 1 amide bonds. The van der Waals surface area contributed by atoms with Crippen LogP contribution < -0.4 is 15.6 Å². The number of ether oxygens (including phenoxy) is 1. The minimum Gasteiger partial charge on any atom is -0.497 e. The van der Waals surface area contributed by atoms with Crippen LogP contribution in [0.1, 0.15) is 13.0 Å². The number of benzene rings is 1. The van der Waals surface area contributed by atoms with Gasteiger partial charge in [0.2, 0.25) is 5.91 Å². The summed E-state index contributed by atoms with van der Waals surface area (Å²) in [5, 5.41) is 7.09. The molecule has 0 fully saturated rings. The van der Waals surface area contributed by atoms with Gasteiger partial charge in [0.15, 0.2) is 0 Å². The van der Waals surface area contributed by atoms with Gasteiger partial charge in [0, 0.05) is 29.7 Å². The molecule has 0 radical (unpaired) electrons. The average molecular weight is 350 g/mol. The minimum atomic E-state index is -0.777. The van der Waals surface area contributed by atoms with Crippen LogP contribution in [0.15, 0.2) is 65.7 Å². The Bertz CT molecular complexity index is 953. The monoisotopic (exact) mass is 350 g/mol. The maximum Gasteiger partial charge on any atom is 0.267 e. The number of carbonyl (C=O) groups is 1. The fourth-order valence-corrected chi connectivity index (χ4v) is 2.40. The summed E-state index contributed by atoms with van der Waals surface area (Å²) < 4.78 is 6.26. The lowest BCUT2D eigenvalue weighted by Gasteiger charge is -2.15. The smallest absolute Gasteiger partial charge is 0.267 e. The molecule has 0 saturated carbocycles. The first-order chi connectivity index (χ1) is 12.6. The van der Waals surface area contributed by atoms with Gasteiger partial charge >= 0.3 is 0 Å². The highest BCUT2D eigenvalue weighted by Gasteiger charge is 2.18. The minimum absolute atomic E-state index is 0.340. The number of pyridine rings is 1. The molecular formula is C19H18N4O3. The SMILES string of the molecule is COc1ccc(NC(=O)C(C)n2nc(-c3cccnc3)ccc2=O)cc1. The lowest BCUT2D eigenvalue weighted by atomic mass is 10.2. The van der Waals surface area contributed by atoms with Gasteiger partial charge in [-0.1, -0.05) is 0 Å². The second-order valence-corrected chi connectivity index (χ2v) is 5.64. The summed E-state index contributed by atoms with van der Waals surface area (Å²) in [5.74, 6) is 0.353. The molecule has 26 heavy (non-hydrogen) atoms. The zero-order valence-corrected chi connectivity index (χ0v) is 14.4. The predicted molar refractivity (Wildman–Crippen MR) is 98.1 cm³/mol. The van der Waals surface area contributed by atoms with Crippen molar-refractivity contribution in [3.8, 4) is 17.0 Å². The summed E-state index contributed by atoms with van der Waals surface area (Å²) in [6.07, 6.45) is 3.31. The second kappa shape index (κ2) is 7.60. The molecule has 1 unspecified atom stereocenters. The molecule has 3 aromatic rings. The van der Waals surface area contributed by atoms with Crippen LogP contribution in [0.4, 0.5) is 5.69 Å². The number of carbonyl (C=O) groups excluding carboxylic acids is 1. The summed E-state index contributed by atoms with van der Waals surface area (Å²) >= 11 is 0. The van der Waals surface area contributed by atoms with Crippen molar-refractivity contribution in [1.82, 2.24) is 14.8 Å².